The maximum absolute atomic E-state index is 5.60. The minimum atomic E-state index is 0.252. The van der Waals surface area contributed by atoms with Crippen LogP contribution < -0.4 is 10.1 Å². The highest BCUT2D eigenvalue weighted by molar-refractivity contribution is 5.20. The van der Waals surface area contributed by atoms with E-state index in [1.54, 1.807) is 6.20 Å². The zero-order chi connectivity index (χ0) is 14.7. The first-order valence-corrected chi connectivity index (χ1v) is 7.34. The van der Waals surface area contributed by atoms with Gasteiger partial charge in [-0.1, -0.05) is 19.0 Å². The largest absolute Gasteiger partial charge is 0.482 e. The van der Waals surface area contributed by atoms with E-state index in [0.29, 0.717) is 23.5 Å². The van der Waals surface area contributed by atoms with Gasteiger partial charge in [0.05, 0.1) is 11.9 Å². The van der Waals surface area contributed by atoms with Gasteiger partial charge >= 0.3 is 0 Å². The van der Waals surface area contributed by atoms with E-state index < -0.39 is 0 Å². The molecule has 0 amide bonds. The highest BCUT2D eigenvalue weighted by Crippen LogP contribution is 2.19. The topological polar surface area (TPSA) is 73.1 Å². The Morgan fingerprint density at radius 2 is 2.24 bits per heavy atom. The summed E-state index contributed by atoms with van der Waals surface area (Å²) in [5.41, 5.74) is 1.02. The molecule has 3 rings (SSSR count). The van der Waals surface area contributed by atoms with Gasteiger partial charge in [0.2, 0.25) is 0 Å². The van der Waals surface area contributed by atoms with Crippen molar-refractivity contribution in [1.29, 1.82) is 0 Å². The number of nitrogens with one attached hydrogen (secondary N) is 1. The standard InChI is InChI=1S/C15H20N4O2/c1-10(2)15-18-14(21-19-15)9-20-13-6-5-12(17-8-13)7-16-11-3-4-11/h5-6,8,10-11,16H,3-4,7,9H2,1-2H3. The molecule has 6 heteroatoms. The van der Waals surface area contributed by atoms with E-state index in [4.69, 9.17) is 9.26 Å². The number of pyridine rings is 1. The highest BCUT2D eigenvalue weighted by atomic mass is 16.5. The molecule has 0 saturated heterocycles. The van der Waals surface area contributed by atoms with Crippen molar-refractivity contribution in [2.24, 2.45) is 0 Å². The molecule has 0 aromatic carbocycles. The van der Waals surface area contributed by atoms with Crippen LogP contribution in [0.1, 0.15) is 50.0 Å². The van der Waals surface area contributed by atoms with Gasteiger partial charge in [0.25, 0.3) is 5.89 Å². The first-order chi connectivity index (χ1) is 10.2. The molecule has 0 bridgehead atoms. The second kappa shape index (κ2) is 6.22. The maximum Gasteiger partial charge on any atom is 0.264 e. The molecule has 1 aliphatic carbocycles. The van der Waals surface area contributed by atoms with E-state index in [-0.39, 0.29) is 12.5 Å². The predicted molar refractivity (Wildman–Crippen MR) is 76.8 cm³/mol. The molecule has 112 valence electrons. The third kappa shape index (κ3) is 4.01. The van der Waals surface area contributed by atoms with Gasteiger partial charge in [0.1, 0.15) is 5.75 Å². The van der Waals surface area contributed by atoms with Crippen molar-refractivity contribution >= 4 is 0 Å². The Balaban J connectivity index is 1.49. The van der Waals surface area contributed by atoms with Crippen molar-refractivity contribution in [1.82, 2.24) is 20.4 Å². The number of nitrogens with zero attached hydrogens (tertiary/aromatic N) is 3. The molecule has 2 heterocycles. The van der Waals surface area contributed by atoms with E-state index in [2.05, 4.69) is 20.4 Å². The number of aromatic nitrogens is 3. The molecule has 2 aromatic rings. The second-order valence-corrected chi connectivity index (χ2v) is 5.63. The van der Waals surface area contributed by atoms with Crippen LogP contribution in [0.25, 0.3) is 0 Å². The zero-order valence-corrected chi connectivity index (χ0v) is 12.4. The Labute approximate surface area is 123 Å². The minimum Gasteiger partial charge on any atom is -0.482 e. The number of hydrogen-bond donors (Lipinski definition) is 1. The average molecular weight is 288 g/mol. The minimum absolute atomic E-state index is 0.252. The fourth-order valence-electron chi connectivity index (χ4n) is 1.84. The normalized spacial score (nSPS) is 14.6. The molecule has 1 N–H and O–H groups in total. The van der Waals surface area contributed by atoms with Gasteiger partial charge in [0, 0.05) is 18.5 Å². The first kappa shape index (κ1) is 14.0. The molecular weight excluding hydrogens is 268 g/mol. The van der Waals surface area contributed by atoms with Gasteiger partial charge in [-0.2, -0.15) is 4.98 Å². The Hall–Kier alpha value is -1.95. The molecule has 1 aliphatic rings. The Morgan fingerprint density at radius 1 is 1.38 bits per heavy atom. The lowest BCUT2D eigenvalue weighted by molar-refractivity contribution is 0.241. The molecular formula is C15H20N4O2. The molecule has 0 atom stereocenters. The molecule has 0 radical (unpaired) electrons. The summed E-state index contributed by atoms with van der Waals surface area (Å²) in [4.78, 5) is 8.63. The van der Waals surface area contributed by atoms with Crippen LogP contribution in [0.3, 0.4) is 0 Å². The molecule has 21 heavy (non-hydrogen) atoms. The summed E-state index contributed by atoms with van der Waals surface area (Å²) in [6, 6.07) is 4.57. The summed E-state index contributed by atoms with van der Waals surface area (Å²) in [6.07, 6.45) is 4.29. The summed E-state index contributed by atoms with van der Waals surface area (Å²) < 4.78 is 10.7. The Morgan fingerprint density at radius 3 is 2.86 bits per heavy atom. The lowest BCUT2D eigenvalue weighted by atomic mass is 10.2. The first-order valence-electron chi connectivity index (χ1n) is 7.34. The van der Waals surface area contributed by atoms with Crippen LogP contribution in [-0.2, 0) is 13.2 Å². The molecule has 1 saturated carbocycles. The van der Waals surface area contributed by atoms with Crippen molar-refractivity contribution in [2.75, 3.05) is 0 Å². The second-order valence-electron chi connectivity index (χ2n) is 5.63. The predicted octanol–water partition coefficient (Wildman–Crippen LogP) is 2.42. The van der Waals surface area contributed by atoms with Gasteiger partial charge < -0.3 is 14.6 Å². The molecule has 2 aromatic heterocycles. The lowest BCUT2D eigenvalue weighted by Crippen LogP contribution is -2.16. The van der Waals surface area contributed by atoms with Crippen molar-refractivity contribution < 1.29 is 9.26 Å². The van der Waals surface area contributed by atoms with Gasteiger partial charge in [0.15, 0.2) is 12.4 Å². The van der Waals surface area contributed by atoms with Crippen molar-refractivity contribution in [2.45, 2.75) is 51.8 Å². The van der Waals surface area contributed by atoms with E-state index in [1.165, 1.54) is 12.8 Å². The fraction of sp³-hybridized carbons (Fsp3) is 0.533. The molecule has 0 aliphatic heterocycles. The summed E-state index contributed by atoms with van der Waals surface area (Å²) in [6.45, 7) is 5.12. The van der Waals surface area contributed by atoms with Crippen molar-refractivity contribution in [3.05, 3.63) is 35.7 Å². The molecule has 0 spiro atoms. The average Bonchev–Trinajstić information content (AvgIpc) is 3.19. The van der Waals surface area contributed by atoms with E-state index in [1.807, 2.05) is 26.0 Å². The van der Waals surface area contributed by atoms with E-state index >= 15 is 0 Å². The SMILES string of the molecule is CC(C)c1noc(COc2ccc(CNC3CC3)nc2)n1. The van der Waals surface area contributed by atoms with Gasteiger partial charge in [-0.25, -0.2) is 0 Å². The third-order valence-corrected chi connectivity index (χ3v) is 3.31. The fourth-order valence-corrected chi connectivity index (χ4v) is 1.84. The van der Waals surface area contributed by atoms with Gasteiger partial charge in [-0.3, -0.25) is 4.98 Å². The van der Waals surface area contributed by atoms with Crippen LogP contribution in [0.2, 0.25) is 0 Å². The van der Waals surface area contributed by atoms with Crippen LogP contribution in [0.15, 0.2) is 22.9 Å². The lowest BCUT2D eigenvalue weighted by Gasteiger charge is -2.05. The van der Waals surface area contributed by atoms with Crippen LogP contribution in [0.5, 0.6) is 5.75 Å². The smallest absolute Gasteiger partial charge is 0.264 e. The number of ether oxygens (including phenoxy) is 1. The highest BCUT2D eigenvalue weighted by Gasteiger charge is 2.20. The summed E-state index contributed by atoms with van der Waals surface area (Å²) in [5, 5.41) is 7.33. The third-order valence-electron chi connectivity index (χ3n) is 3.31. The number of rotatable bonds is 7. The summed E-state index contributed by atoms with van der Waals surface area (Å²) in [5.74, 6) is 2.14. The summed E-state index contributed by atoms with van der Waals surface area (Å²) >= 11 is 0. The van der Waals surface area contributed by atoms with Crippen LogP contribution >= 0.6 is 0 Å². The van der Waals surface area contributed by atoms with E-state index in [0.717, 1.165) is 12.2 Å². The van der Waals surface area contributed by atoms with Crippen LogP contribution in [0.4, 0.5) is 0 Å². The van der Waals surface area contributed by atoms with Crippen LogP contribution in [0, 0.1) is 0 Å². The quantitative estimate of drug-likeness (QED) is 0.843. The maximum atomic E-state index is 5.60. The monoisotopic (exact) mass is 288 g/mol. The summed E-state index contributed by atoms with van der Waals surface area (Å²) in [7, 11) is 0. The van der Waals surface area contributed by atoms with E-state index in [9.17, 15) is 0 Å². The van der Waals surface area contributed by atoms with Crippen molar-refractivity contribution in [3.63, 3.8) is 0 Å². The Kier molecular flexibility index (Phi) is 4.15. The molecule has 0 unspecified atom stereocenters. The van der Waals surface area contributed by atoms with Gasteiger partial charge in [-0.15, -0.1) is 0 Å². The molecule has 1 fully saturated rings. The zero-order valence-electron chi connectivity index (χ0n) is 12.4. The Bertz CT molecular complexity index is 576. The van der Waals surface area contributed by atoms with Gasteiger partial charge in [-0.05, 0) is 25.0 Å². The number of hydrogen-bond acceptors (Lipinski definition) is 6. The van der Waals surface area contributed by atoms with Crippen molar-refractivity contribution in [3.8, 4) is 5.75 Å². The van der Waals surface area contributed by atoms with Crippen LogP contribution in [-0.4, -0.2) is 21.2 Å². The molecule has 6 nitrogen and oxygen atoms in total.